The molecule has 1 unspecified atom stereocenters. The van der Waals surface area contributed by atoms with E-state index in [1.807, 2.05) is 0 Å². The van der Waals surface area contributed by atoms with E-state index in [4.69, 9.17) is 5.73 Å². The predicted octanol–water partition coefficient (Wildman–Crippen LogP) is 3.40. The first-order valence-corrected chi connectivity index (χ1v) is 7.56. The summed E-state index contributed by atoms with van der Waals surface area (Å²) in [6.45, 7) is 5.32. The van der Waals surface area contributed by atoms with Gasteiger partial charge in [0.05, 0.1) is 0 Å². The highest BCUT2D eigenvalue weighted by Gasteiger charge is 2.32. The highest BCUT2D eigenvalue weighted by Crippen LogP contribution is 2.35. The Hall–Kier alpha value is -0.280. The maximum absolute atomic E-state index is 11.9. The van der Waals surface area contributed by atoms with Crippen molar-refractivity contribution in [3.8, 4) is 0 Å². The average molecular weight is 291 g/mol. The van der Waals surface area contributed by atoms with Gasteiger partial charge in [0, 0.05) is 12.5 Å². The van der Waals surface area contributed by atoms with Crippen molar-refractivity contribution in [1.82, 2.24) is 5.32 Å². The number of amides is 1. The molecule has 0 spiro atoms. The molecule has 4 heteroatoms. The molecular formula is C15H31ClN2O. The van der Waals surface area contributed by atoms with Gasteiger partial charge in [-0.3, -0.25) is 4.79 Å². The Bertz CT molecular complexity index is 257. The third-order valence-electron chi connectivity index (χ3n) is 4.20. The molecule has 1 saturated carbocycles. The van der Waals surface area contributed by atoms with E-state index in [1.54, 1.807) is 0 Å². The molecule has 19 heavy (non-hydrogen) atoms. The van der Waals surface area contributed by atoms with E-state index in [0.29, 0.717) is 12.5 Å². The summed E-state index contributed by atoms with van der Waals surface area (Å²) in [6.07, 6.45) is 9.97. The van der Waals surface area contributed by atoms with Crippen molar-refractivity contribution in [2.45, 2.75) is 77.7 Å². The quantitative estimate of drug-likeness (QED) is 0.706. The van der Waals surface area contributed by atoms with Crippen LogP contribution < -0.4 is 11.1 Å². The van der Waals surface area contributed by atoms with Gasteiger partial charge in [0.1, 0.15) is 0 Å². The maximum Gasteiger partial charge on any atom is 0.220 e. The minimum Gasteiger partial charge on any atom is -0.353 e. The van der Waals surface area contributed by atoms with Crippen molar-refractivity contribution in [3.05, 3.63) is 0 Å². The highest BCUT2D eigenvalue weighted by atomic mass is 35.5. The molecule has 0 bridgehead atoms. The molecule has 0 aliphatic heterocycles. The molecular weight excluding hydrogens is 260 g/mol. The summed E-state index contributed by atoms with van der Waals surface area (Å²) in [5.74, 6) is 0.239. The molecule has 0 aromatic heterocycles. The van der Waals surface area contributed by atoms with Gasteiger partial charge in [0.25, 0.3) is 0 Å². The third kappa shape index (κ3) is 7.17. The van der Waals surface area contributed by atoms with Crippen LogP contribution in [0.15, 0.2) is 0 Å². The lowest BCUT2D eigenvalue weighted by Gasteiger charge is -2.39. The molecule has 3 N–H and O–H groups in total. The van der Waals surface area contributed by atoms with Crippen LogP contribution in [0.2, 0.25) is 0 Å². The van der Waals surface area contributed by atoms with E-state index >= 15 is 0 Å². The van der Waals surface area contributed by atoms with Crippen LogP contribution in [0.1, 0.15) is 71.6 Å². The molecule has 1 aliphatic rings. The smallest absolute Gasteiger partial charge is 0.220 e. The largest absolute Gasteiger partial charge is 0.353 e. The number of rotatable bonds is 7. The molecule has 114 valence electrons. The Morgan fingerprint density at radius 3 is 2.53 bits per heavy atom. The topological polar surface area (TPSA) is 55.1 Å². The van der Waals surface area contributed by atoms with Gasteiger partial charge in [-0.15, -0.1) is 12.4 Å². The van der Waals surface area contributed by atoms with Crippen LogP contribution >= 0.6 is 12.4 Å². The fourth-order valence-corrected chi connectivity index (χ4v) is 2.81. The molecule has 0 aromatic carbocycles. The summed E-state index contributed by atoms with van der Waals surface area (Å²) in [4.78, 5) is 11.9. The Labute approximate surface area is 124 Å². The van der Waals surface area contributed by atoms with Crippen molar-refractivity contribution < 1.29 is 4.79 Å². The average Bonchev–Trinajstić information content (AvgIpc) is 2.31. The molecule has 0 heterocycles. The van der Waals surface area contributed by atoms with Crippen LogP contribution in [0, 0.1) is 5.41 Å². The Morgan fingerprint density at radius 1 is 1.21 bits per heavy atom. The summed E-state index contributed by atoms with van der Waals surface area (Å²) in [6, 6.07) is 0.378. The van der Waals surface area contributed by atoms with Gasteiger partial charge in [-0.2, -0.15) is 0 Å². The molecule has 1 fully saturated rings. The monoisotopic (exact) mass is 290 g/mol. The lowest BCUT2D eigenvalue weighted by atomic mass is 9.73. The van der Waals surface area contributed by atoms with Crippen molar-refractivity contribution in [2.75, 3.05) is 6.54 Å². The maximum atomic E-state index is 11.9. The predicted molar refractivity (Wildman–Crippen MR) is 83.6 cm³/mol. The first kappa shape index (κ1) is 18.7. The van der Waals surface area contributed by atoms with E-state index in [9.17, 15) is 4.79 Å². The fraction of sp³-hybridized carbons (Fsp3) is 0.933. The summed E-state index contributed by atoms with van der Waals surface area (Å²) >= 11 is 0. The molecule has 0 radical (unpaired) electrons. The molecule has 1 aliphatic carbocycles. The van der Waals surface area contributed by atoms with E-state index in [2.05, 4.69) is 19.2 Å². The van der Waals surface area contributed by atoms with Gasteiger partial charge in [0.15, 0.2) is 0 Å². The van der Waals surface area contributed by atoms with E-state index in [1.165, 1.54) is 19.3 Å². The highest BCUT2D eigenvalue weighted by molar-refractivity contribution is 5.85. The van der Waals surface area contributed by atoms with Crippen molar-refractivity contribution in [1.29, 1.82) is 0 Å². The van der Waals surface area contributed by atoms with Crippen LogP contribution in [-0.4, -0.2) is 18.5 Å². The number of hydrogen-bond acceptors (Lipinski definition) is 2. The van der Waals surface area contributed by atoms with E-state index in [-0.39, 0.29) is 23.7 Å². The zero-order valence-corrected chi connectivity index (χ0v) is 13.4. The third-order valence-corrected chi connectivity index (χ3v) is 4.20. The standard InChI is InChI=1S/C15H30N2O.ClH/c1-15(2)11-7-6-9-13(15)17-14(18)10-5-3-4-8-12-16;/h13H,3-12,16H2,1-2H3,(H,17,18);1H. The summed E-state index contributed by atoms with van der Waals surface area (Å²) in [7, 11) is 0. The number of carbonyl (C=O) groups excluding carboxylic acids is 1. The van der Waals surface area contributed by atoms with Gasteiger partial charge in [0.2, 0.25) is 5.91 Å². The minimum absolute atomic E-state index is 0. The van der Waals surface area contributed by atoms with Gasteiger partial charge in [-0.1, -0.05) is 39.5 Å². The molecule has 1 atom stereocenters. The van der Waals surface area contributed by atoms with Crippen LogP contribution in [-0.2, 0) is 4.79 Å². The second-order valence-corrected chi connectivity index (χ2v) is 6.31. The normalized spacial score (nSPS) is 21.5. The second kappa shape index (κ2) is 9.60. The van der Waals surface area contributed by atoms with E-state index < -0.39 is 0 Å². The number of carbonyl (C=O) groups is 1. The molecule has 0 aromatic rings. The first-order chi connectivity index (χ1) is 8.56. The van der Waals surface area contributed by atoms with Crippen molar-refractivity contribution >= 4 is 18.3 Å². The van der Waals surface area contributed by atoms with Crippen LogP contribution in [0.25, 0.3) is 0 Å². The number of hydrogen-bond donors (Lipinski definition) is 2. The summed E-state index contributed by atoms with van der Waals surface area (Å²) < 4.78 is 0. The van der Waals surface area contributed by atoms with Gasteiger partial charge in [-0.05, 0) is 37.6 Å². The zero-order chi connectivity index (χ0) is 13.4. The molecule has 1 rings (SSSR count). The Morgan fingerprint density at radius 2 is 1.89 bits per heavy atom. The van der Waals surface area contributed by atoms with Crippen molar-refractivity contribution in [3.63, 3.8) is 0 Å². The molecule has 1 amide bonds. The second-order valence-electron chi connectivity index (χ2n) is 6.31. The van der Waals surface area contributed by atoms with Crippen LogP contribution in [0.3, 0.4) is 0 Å². The lowest BCUT2D eigenvalue weighted by molar-refractivity contribution is -0.123. The number of halogens is 1. The van der Waals surface area contributed by atoms with Gasteiger partial charge >= 0.3 is 0 Å². The Kier molecular flexibility index (Phi) is 9.46. The number of nitrogens with two attached hydrogens (primary N) is 1. The van der Waals surface area contributed by atoms with Crippen LogP contribution in [0.5, 0.6) is 0 Å². The SMILES string of the molecule is CC1(C)CCCCC1NC(=O)CCCCCCN.Cl. The summed E-state index contributed by atoms with van der Waals surface area (Å²) in [5, 5.41) is 3.24. The number of nitrogens with one attached hydrogen (secondary N) is 1. The Balaban J connectivity index is 0.00000324. The van der Waals surface area contributed by atoms with Crippen LogP contribution in [0.4, 0.5) is 0 Å². The van der Waals surface area contributed by atoms with E-state index in [0.717, 1.165) is 38.6 Å². The van der Waals surface area contributed by atoms with Gasteiger partial charge < -0.3 is 11.1 Å². The lowest BCUT2D eigenvalue weighted by Crippen LogP contribution is -2.46. The fourth-order valence-electron chi connectivity index (χ4n) is 2.81. The minimum atomic E-state index is 0. The summed E-state index contributed by atoms with van der Waals surface area (Å²) in [5.41, 5.74) is 5.72. The zero-order valence-electron chi connectivity index (χ0n) is 12.5. The van der Waals surface area contributed by atoms with Gasteiger partial charge in [-0.25, -0.2) is 0 Å². The molecule has 0 saturated heterocycles. The van der Waals surface area contributed by atoms with Crippen molar-refractivity contribution in [2.24, 2.45) is 11.1 Å². The first-order valence-electron chi connectivity index (χ1n) is 7.56. The molecule has 3 nitrogen and oxygen atoms in total. The number of unbranched alkanes of at least 4 members (excludes halogenated alkanes) is 3.